The lowest BCUT2D eigenvalue weighted by molar-refractivity contribution is 0.0943. The van der Waals surface area contributed by atoms with Crippen LogP contribution in [0.15, 0.2) is 54.6 Å². The summed E-state index contributed by atoms with van der Waals surface area (Å²) in [6, 6.07) is 18.3. The van der Waals surface area contributed by atoms with Crippen molar-refractivity contribution in [3.8, 4) is 0 Å². The molecule has 3 aromatic rings. The molecule has 140 valence electrons. The third-order valence-corrected chi connectivity index (χ3v) is 5.73. The smallest absolute Gasteiger partial charge is 0.252 e. The Kier molecular flexibility index (Phi) is 4.41. The average molecular weight is 369 g/mol. The quantitative estimate of drug-likeness (QED) is 0.738. The van der Waals surface area contributed by atoms with Crippen LogP contribution < -0.4 is 10.6 Å². The Hall–Kier alpha value is -2.98. The number of benzene rings is 2. The number of nitrogens with zero attached hydrogens (tertiary/aromatic N) is 1. The summed E-state index contributed by atoms with van der Waals surface area (Å²) in [5.74, 6) is 0.571. The molecule has 1 aliphatic carbocycles. The fraction of sp³-hybridized carbons (Fsp3) is 0.250. The highest BCUT2D eigenvalue weighted by molar-refractivity contribution is 6.09. The van der Waals surface area contributed by atoms with Gasteiger partial charge in [0.1, 0.15) is 0 Å². The van der Waals surface area contributed by atoms with Gasteiger partial charge in [-0.15, -0.1) is 0 Å². The number of pyridine rings is 1. The summed E-state index contributed by atoms with van der Waals surface area (Å²) in [5.41, 5.74) is 6.15. The number of rotatable bonds is 4. The van der Waals surface area contributed by atoms with Crippen LogP contribution in [-0.2, 0) is 6.42 Å². The monoisotopic (exact) mass is 369 g/mol. The Bertz CT molecular complexity index is 1070. The summed E-state index contributed by atoms with van der Waals surface area (Å²) in [4.78, 5) is 18.1. The van der Waals surface area contributed by atoms with Gasteiger partial charge in [-0.1, -0.05) is 48.5 Å². The molecule has 28 heavy (non-hydrogen) atoms. The second-order valence-electron chi connectivity index (χ2n) is 7.65. The van der Waals surface area contributed by atoms with E-state index >= 15 is 0 Å². The molecule has 1 amide bonds. The summed E-state index contributed by atoms with van der Waals surface area (Å²) >= 11 is 0. The molecule has 1 fully saturated rings. The number of amides is 1. The largest absolute Gasteiger partial charge is 0.352 e. The van der Waals surface area contributed by atoms with Crippen molar-refractivity contribution in [3.05, 3.63) is 77.0 Å². The number of allylic oxidation sites excluding steroid dienone is 1. The molecule has 4 nitrogen and oxygen atoms in total. The number of carbonyl (C=O) groups is 1. The Morgan fingerprint density at radius 2 is 1.86 bits per heavy atom. The van der Waals surface area contributed by atoms with Crippen LogP contribution in [0, 0.1) is 5.92 Å². The molecular weight excluding hydrogens is 346 g/mol. The van der Waals surface area contributed by atoms with E-state index in [2.05, 4.69) is 28.8 Å². The molecule has 4 heteroatoms. The fourth-order valence-corrected chi connectivity index (χ4v) is 4.11. The molecule has 0 atom stereocenters. The third kappa shape index (κ3) is 3.10. The number of hydrogen-bond acceptors (Lipinski definition) is 3. The van der Waals surface area contributed by atoms with Crippen LogP contribution >= 0.6 is 0 Å². The highest BCUT2D eigenvalue weighted by atomic mass is 16.1. The van der Waals surface area contributed by atoms with E-state index in [1.165, 1.54) is 11.1 Å². The predicted octanol–water partition coefficient (Wildman–Crippen LogP) is 3.67. The summed E-state index contributed by atoms with van der Waals surface area (Å²) in [5, 5.41) is 7.37. The Labute approximate surface area is 164 Å². The van der Waals surface area contributed by atoms with Gasteiger partial charge in [0.25, 0.3) is 5.91 Å². The number of carbonyl (C=O) groups excluding carboxylic acids is 1. The van der Waals surface area contributed by atoms with E-state index in [0.29, 0.717) is 5.92 Å². The van der Waals surface area contributed by atoms with Gasteiger partial charge in [-0.25, -0.2) is 4.98 Å². The van der Waals surface area contributed by atoms with E-state index in [1.807, 2.05) is 42.5 Å². The second kappa shape index (κ2) is 7.21. The van der Waals surface area contributed by atoms with Crippen molar-refractivity contribution in [1.82, 2.24) is 15.6 Å². The van der Waals surface area contributed by atoms with Gasteiger partial charge in [-0.3, -0.25) is 4.79 Å². The van der Waals surface area contributed by atoms with Crippen molar-refractivity contribution < 1.29 is 4.79 Å². The number of fused-ring (bicyclic) bond motifs is 2. The molecule has 0 radical (unpaired) electrons. The number of hydrogen-bond donors (Lipinski definition) is 2. The van der Waals surface area contributed by atoms with Crippen LogP contribution in [0.25, 0.3) is 22.6 Å². The van der Waals surface area contributed by atoms with Gasteiger partial charge >= 0.3 is 0 Å². The standard InChI is InChI=1S/C24H23N3O/c28-24(26-15-17-13-25-14-17)22-19-8-4-5-9-21(19)27-23-18(10-11-20(22)23)12-16-6-2-1-3-7-16/h1-9,12,17,25H,10-11,13-15H2,(H,26,28)/b18-12-. The van der Waals surface area contributed by atoms with Gasteiger partial charge < -0.3 is 10.6 Å². The van der Waals surface area contributed by atoms with Crippen molar-refractivity contribution in [2.75, 3.05) is 19.6 Å². The van der Waals surface area contributed by atoms with Crippen LogP contribution in [0.3, 0.4) is 0 Å². The van der Waals surface area contributed by atoms with E-state index < -0.39 is 0 Å². The summed E-state index contributed by atoms with van der Waals surface area (Å²) in [6.45, 7) is 2.70. The lowest BCUT2D eigenvalue weighted by Crippen LogP contribution is -2.48. The molecule has 0 unspecified atom stereocenters. The molecule has 0 bridgehead atoms. The van der Waals surface area contributed by atoms with E-state index in [4.69, 9.17) is 4.98 Å². The molecule has 2 N–H and O–H groups in total. The SMILES string of the molecule is O=C(NCC1CNC1)c1c2c(nc3ccccc13)/C(=C\c1ccccc1)CC2. The van der Waals surface area contributed by atoms with Gasteiger partial charge in [0, 0.05) is 30.9 Å². The Balaban J connectivity index is 1.58. The summed E-state index contributed by atoms with van der Waals surface area (Å²) < 4.78 is 0. The van der Waals surface area contributed by atoms with Gasteiger partial charge in [-0.2, -0.15) is 0 Å². The molecule has 0 saturated carbocycles. The molecule has 2 aliphatic rings. The molecule has 5 rings (SSSR count). The highest BCUT2D eigenvalue weighted by Gasteiger charge is 2.27. The molecule has 0 spiro atoms. The van der Waals surface area contributed by atoms with Gasteiger partial charge in [0.2, 0.25) is 0 Å². The van der Waals surface area contributed by atoms with Crippen LogP contribution in [-0.4, -0.2) is 30.5 Å². The molecule has 1 aromatic heterocycles. The lowest BCUT2D eigenvalue weighted by atomic mass is 9.99. The van der Waals surface area contributed by atoms with Crippen LogP contribution in [0.1, 0.15) is 33.6 Å². The molecular formula is C24H23N3O. The van der Waals surface area contributed by atoms with Crippen LogP contribution in [0.4, 0.5) is 0 Å². The van der Waals surface area contributed by atoms with Crippen molar-refractivity contribution >= 4 is 28.5 Å². The maximum atomic E-state index is 13.1. The Morgan fingerprint density at radius 1 is 1.07 bits per heavy atom. The van der Waals surface area contributed by atoms with Crippen molar-refractivity contribution in [1.29, 1.82) is 0 Å². The normalized spacial score (nSPS) is 17.5. The third-order valence-electron chi connectivity index (χ3n) is 5.73. The van der Waals surface area contributed by atoms with E-state index in [9.17, 15) is 4.79 Å². The van der Waals surface area contributed by atoms with Gasteiger partial charge in [0.15, 0.2) is 0 Å². The first-order chi connectivity index (χ1) is 13.8. The Morgan fingerprint density at radius 3 is 2.64 bits per heavy atom. The van der Waals surface area contributed by atoms with Crippen LogP contribution in [0.5, 0.6) is 0 Å². The summed E-state index contributed by atoms with van der Waals surface area (Å²) in [7, 11) is 0. The fourth-order valence-electron chi connectivity index (χ4n) is 4.11. The lowest BCUT2D eigenvalue weighted by Gasteiger charge is -2.27. The molecule has 1 saturated heterocycles. The zero-order valence-electron chi connectivity index (χ0n) is 15.7. The van der Waals surface area contributed by atoms with Crippen LogP contribution in [0.2, 0.25) is 0 Å². The number of nitrogens with one attached hydrogen (secondary N) is 2. The maximum absolute atomic E-state index is 13.1. The first-order valence-corrected chi connectivity index (χ1v) is 9.96. The first kappa shape index (κ1) is 17.1. The van der Waals surface area contributed by atoms with Crippen molar-refractivity contribution in [2.45, 2.75) is 12.8 Å². The molecule has 2 aromatic carbocycles. The minimum Gasteiger partial charge on any atom is -0.352 e. The zero-order valence-corrected chi connectivity index (χ0v) is 15.7. The molecule has 1 aliphatic heterocycles. The van der Waals surface area contributed by atoms with Crippen molar-refractivity contribution in [3.63, 3.8) is 0 Å². The number of para-hydroxylation sites is 1. The molecule has 2 heterocycles. The topological polar surface area (TPSA) is 54.0 Å². The van der Waals surface area contributed by atoms with Gasteiger partial charge in [0.05, 0.1) is 16.8 Å². The van der Waals surface area contributed by atoms with Gasteiger partial charge in [-0.05, 0) is 41.7 Å². The maximum Gasteiger partial charge on any atom is 0.252 e. The van der Waals surface area contributed by atoms with E-state index in [1.54, 1.807) is 0 Å². The number of aromatic nitrogens is 1. The van der Waals surface area contributed by atoms with E-state index in [-0.39, 0.29) is 5.91 Å². The minimum absolute atomic E-state index is 0.0303. The average Bonchev–Trinajstić information content (AvgIpc) is 3.07. The minimum atomic E-state index is 0.0303. The zero-order chi connectivity index (χ0) is 18.9. The van der Waals surface area contributed by atoms with Crippen molar-refractivity contribution in [2.24, 2.45) is 5.92 Å². The second-order valence-corrected chi connectivity index (χ2v) is 7.65. The highest BCUT2D eigenvalue weighted by Crippen LogP contribution is 2.37. The van der Waals surface area contributed by atoms with E-state index in [0.717, 1.165) is 60.2 Å². The summed E-state index contributed by atoms with van der Waals surface area (Å²) in [6.07, 6.45) is 3.98. The predicted molar refractivity (Wildman–Crippen MR) is 113 cm³/mol. The first-order valence-electron chi connectivity index (χ1n) is 9.96.